The second-order valence-corrected chi connectivity index (χ2v) is 7.38. The van der Waals surface area contributed by atoms with Crippen molar-refractivity contribution in [2.45, 2.75) is 26.7 Å². The van der Waals surface area contributed by atoms with Crippen LogP contribution in [0.2, 0.25) is 0 Å². The predicted molar refractivity (Wildman–Crippen MR) is 110 cm³/mol. The SMILES string of the molecule is Cc1ncc(C)c2c(C(=O)C(=O)N3CCC(=C(F)c4ccccc4)CC3)c[nH]c12. The summed E-state index contributed by atoms with van der Waals surface area (Å²) >= 11 is 0. The monoisotopic (exact) mass is 391 g/mol. The van der Waals surface area contributed by atoms with E-state index in [9.17, 15) is 14.0 Å². The number of rotatable bonds is 3. The standard InChI is InChI=1S/C23H22FN3O2/c1-14-12-25-15(2)21-19(14)18(13-26-21)22(28)23(29)27-10-8-17(9-11-27)20(24)16-6-4-3-5-7-16/h3-7,12-13,26H,8-11H2,1-2H3. The number of fused-ring (bicyclic) bond motifs is 1. The summed E-state index contributed by atoms with van der Waals surface area (Å²) in [6.45, 7) is 4.40. The van der Waals surface area contributed by atoms with Gasteiger partial charge in [0.2, 0.25) is 0 Å². The van der Waals surface area contributed by atoms with Crippen molar-refractivity contribution in [1.82, 2.24) is 14.9 Å². The van der Waals surface area contributed by atoms with Crippen LogP contribution in [0.25, 0.3) is 16.7 Å². The van der Waals surface area contributed by atoms with Crippen molar-refractivity contribution in [1.29, 1.82) is 0 Å². The Morgan fingerprint density at radius 1 is 1.10 bits per heavy atom. The van der Waals surface area contributed by atoms with Crippen LogP contribution in [0.1, 0.15) is 40.0 Å². The fourth-order valence-electron chi connectivity index (χ4n) is 3.87. The number of hydrogen-bond acceptors (Lipinski definition) is 3. The highest BCUT2D eigenvalue weighted by Gasteiger charge is 2.29. The molecule has 1 amide bonds. The molecule has 4 rings (SSSR count). The molecule has 148 valence electrons. The number of piperidine rings is 1. The maximum atomic E-state index is 14.7. The number of aromatic amines is 1. The molecule has 0 unspecified atom stereocenters. The number of benzene rings is 1. The van der Waals surface area contributed by atoms with Crippen LogP contribution in [-0.2, 0) is 4.79 Å². The van der Waals surface area contributed by atoms with Crippen molar-refractivity contribution in [3.63, 3.8) is 0 Å². The third kappa shape index (κ3) is 3.46. The van der Waals surface area contributed by atoms with Crippen LogP contribution in [-0.4, -0.2) is 39.6 Å². The maximum absolute atomic E-state index is 14.7. The fraction of sp³-hybridized carbons (Fsp3) is 0.261. The zero-order valence-electron chi connectivity index (χ0n) is 16.5. The Labute approximate surface area is 168 Å². The van der Waals surface area contributed by atoms with E-state index in [0.29, 0.717) is 42.6 Å². The first kappa shape index (κ1) is 19.1. The number of carbonyl (C=O) groups excluding carboxylic acids is 2. The molecule has 1 N–H and O–H groups in total. The Hall–Kier alpha value is -3.28. The number of H-pyrrole nitrogens is 1. The number of halogens is 1. The molecule has 1 saturated heterocycles. The van der Waals surface area contributed by atoms with Gasteiger partial charge < -0.3 is 9.88 Å². The molecule has 5 nitrogen and oxygen atoms in total. The summed E-state index contributed by atoms with van der Waals surface area (Å²) in [6.07, 6.45) is 4.14. The lowest BCUT2D eigenvalue weighted by Crippen LogP contribution is -2.40. The van der Waals surface area contributed by atoms with Crippen molar-refractivity contribution < 1.29 is 14.0 Å². The molecular weight excluding hydrogens is 369 g/mol. The van der Waals surface area contributed by atoms with Gasteiger partial charge >= 0.3 is 0 Å². The zero-order chi connectivity index (χ0) is 20.5. The number of aryl methyl sites for hydroxylation is 2. The third-order valence-corrected chi connectivity index (χ3v) is 5.52. The number of carbonyl (C=O) groups is 2. The van der Waals surface area contributed by atoms with E-state index in [-0.39, 0.29) is 5.83 Å². The van der Waals surface area contributed by atoms with E-state index in [1.165, 1.54) is 4.90 Å². The van der Waals surface area contributed by atoms with E-state index in [0.717, 1.165) is 22.2 Å². The normalized spacial score (nSPS) is 14.3. The van der Waals surface area contributed by atoms with E-state index in [4.69, 9.17) is 0 Å². The second-order valence-electron chi connectivity index (χ2n) is 7.38. The van der Waals surface area contributed by atoms with Gasteiger partial charge in [-0.25, -0.2) is 4.39 Å². The topological polar surface area (TPSA) is 66.1 Å². The van der Waals surface area contributed by atoms with Crippen LogP contribution < -0.4 is 0 Å². The Kier molecular flexibility index (Phi) is 5.01. The molecule has 0 bridgehead atoms. The van der Waals surface area contributed by atoms with Gasteiger partial charge in [-0.2, -0.15) is 0 Å². The number of nitrogens with one attached hydrogen (secondary N) is 1. The smallest absolute Gasteiger partial charge is 0.295 e. The molecule has 3 heterocycles. The quantitative estimate of drug-likeness (QED) is 0.533. The van der Waals surface area contributed by atoms with Gasteiger partial charge in [-0.1, -0.05) is 30.3 Å². The first-order valence-corrected chi connectivity index (χ1v) is 9.67. The lowest BCUT2D eigenvalue weighted by molar-refractivity contribution is -0.126. The lowest BCUT2D eigenvalue weighted by Gasteiger charge is -2.28. The van der Waals surface area contributed by atoms with E-state index in [1.807, 2.05) is 19.9 Å². The highest BCUT2D eigenvalue weighted by molar-refractivity contribution is 6.45. The maximum Gasteiger partial charge on any atom is 0.295 e. The highest BCUT2D eigenvalue weighted by Crippen LogP contribution is 2.29. The largest absolute Gasteiger partial charge is 0.359 e. The average Bonchev–Trinajstić information content (AvgIpc) is 3.22. The van der Waals surface area contributed by atoms with Gasteiger partial charge in [0.1, 0.15) is 5.83 Å². The second kappa shape index (κ2) is 7.62. The van der Waals surface area contributed by atoms with Crippen LogP contribution in [0.3, 0.4) is 0 Å². The van der Waals surface area contributed by atoms with Gasteiger partial charge in [-0.3, -0.25) is 14.6 Å². The third-order valence-electron chi connectivity index (χ3n) is 5.52. The number of likely N-dealkylation sites (tertiary alicyclic amines) is 1. The number of hydrogen-bond donors (Lipinski definition) is 1. The minimum Gasteiger partial charge on any atom is -0.359 e. The van der Waals surface area contributed by atoms with Crippen molar-refractivity contribution in [3.8, 4) is 0 Å². The molecule has 1 aliphatic rings. The fourth-order valence-corrected chi connectivity index (χ4v) is 3.87. The molecule has 0 saturated carbocycles. The molecule has 1 aromatic carbocycles. The van der Waals surface area contributed by atoms with E-state index >= 15 is 0 Å². The molecule has 0 atom stereocenters. The van der Waals surface area contributed by atoms with Gasteiger partial charge in [0.05, 0.1) is 16.8 Å². The molecule has 3 aromatic rings. The summed E-state index contributed by atoms with van der Waals surface area (Å²) in [5.74, 6) is -1.31. The Morgan fingerprint density at radius 2 is 1.79 bits per heavy atom. The Balaban J connectivity index is 1.52. The van der Waals surface area contributed by atoms with E-state index in [1.54, 1.807) is 36.7 Å². The molecular formula is C23H22FN3O2. The van der Waals surface area contributed by atoms with Crippen molar-refractivity contribution >= 4 is 28.4 Å². The minimum absolute atomic E-state index is 0.223. The first-order chi connectivity index (χ1) is 14.0. The lowest BCUT2D eigenvalue weighted by atomic mass is 9.98. The molecule has 29 heavy (non-hydrogen) atoms. The van der Waals surface area contributed by atoms with E-state index < -0.39 is 11.7 Å². The summed E-state index contributed by atoms with van der Waals surface area (Å²) in [4.78, 5) is 34.6. The highest BCUT2D eigenvalue weighted by atomic mass is 19.1. The minimum atomic E-state index is -0.543. The van der Waals surface area contributed by atoms with Crippen molar-refractivity contribution in [2.24, 2.45) is 0 Å². The summed E-state index contributed by atoms with van der Waals surface area (Å²) in [6, 6.07) is 8.91. The number of nitrogens with zero attached hydrogens (tertiary/aromatic N) is 2. The van der Waals surface area contributed by atoms with Gasteiger partial charge in [-0.15, -0.1) is 0 Å². The van der Waals surface area contributed by atoms with Crippen LogP contribution in [0.4, 0.5) is 4.39 Å². The average molecular weight is 391 g/mol. The predicted octanol–water partition coefficient (Wildman–Crippen LogP) is 4.37. The Bertz CT molecular complexity index is 1120. The van der Waals surface area contributed by atoms with Crippen molar-refractivity contribution in [3.05, 3.63) is 70.7 Å². The van der Waals surface area contributed by atoms with Gasteiger partial charge in [0.25, 0.3) is 11.7 Å². The van der Waals surface area contributed by atoms with Crippen molar-refractivity contribution in [2.75, 3.05) is 13.1 Å². The summed E-state index contributed by atoms with van der Waals surface area (Å²) < 4.78 is 14.7. The number of pyridine rings is 1. The number of Topliss-reactive ketones (excluding diaryl/α,β-unsaturated/α-hetero) is 1. The number of aromatic nitrogens is 2. The molecule has 2 aromatic heterocycles. The summed E-state index contributed by atoms with van der Waals surface area (Å²) in [5, 5.41) is 0.739. The molecule has 0 radical (unpaired) electrons. The Morgan fingerprint density at radius 3 is 2.48 bits per heavy atom. The zero-order valence-corrected chi connectivity index (χ0v) is 16.5. The van der Waals surface area contributed by atoms with Crippen LogP contribution >= 0.6 is 0 Å². The summed E-state index contributed by atoms with van der Waals surface area (Å²) in [7, 11) is 0. The summed E-state index contributed by atoms with van der Waals surface area (Å²) in [5.41, 5.74) is 4.01. The van der Waals surface area contributed by atoms with Crippen LogP contribution in [0.5, 0.6) is 0 Å². The van der Waals surface area contributed by atoms with Crippen LogP contribution in [0.15, 0.2) is 48.3 Å². The first-order valence-electron chi connectivity index (χ1n) is 9.67. The molecule has 6 heteroatoms. The van der Waals surface area contributed by atoms with Gasteiger partial charge in [0, 0.05) is 36.4 Å². The van der Waals surface area contributed by atoms with Gasteiger partial charge in [0.15, 0.2) is 0 Å². The molecule has 1 fully saturated rings. The van der Waals surface area contributed by atoms with E-state index in [2.05, 4.69) is 9.97 Å². The number of ketones is 1. The molecule has 0 spiro atoms. The molecule has 0 aliphatic carbocycles. The van der Waals surface area contributed by atoms with Crippen LogP contribution in [0, 0.1) is 13.8 Å². The number of amides is 1. The van der Waals surface area contributed by atoms with Gasteiger partial charge in [-0.05, 0) is 37.8 Å². The molecule has 1 aliphatic heterocycles.